The standard InChI is InChI=1S/C12H10BrClN2O/c1-16-7-8(6-15-16)5-11(17)9-3-2-4-10(13)12(9)14/h2-4,6-7H,5H2,1H3. The summed E-state index contributed by atoms with van der Waals surface area (Å²) < 4.78 is 2.40. The summed E-state index contributed by atoms with van der Waals surface area (Å²) >= 11 is 9.37. The van der Waals surface area contributed by atoms with Gasteiger partial charge in [0, 0.05) is 29.7 Å². The molecule has 0 aliphatic heterocycles. The normalized spacial score (nSPS) is 10.5. The fourth-order valence-corrected chi connectivity index (χ4v) is 2.16. The third kappa shape index (κ3) is 2.76. The highest BCUT2D eigenvalue weighted by atomic mass is 79.9. The zero-order valence-electron chi connectivity index (χ0n) is 9.15. The molecular weight excluding hydrogens is 304 g/mol. The van der Waals surface area contributed by atoms with Crippen molar-refractivity contribution in [2.75, 3.05) is 0 Å². The first kappa shape index (κ1) is 12.3. The number of halogens is 2. The van der Waals surface area contributed by atoms with E-state index in [1.54, 1.807) is 23.0 Å². The van der Waals surface area contributed by atoms with Gasteiger partial charge in [0.1, 0.15) is 0 Å². The smallest absolute Gasteiger partial charge is 0.168 e. The Morgan fingerprint density at radius 3 is 2.94 bits per heavy atom. The average molecular weight is 314 g/mol. The molecule has 0 atom stereocenters. The maximum atomic E-state index is 12.1. The summed E-state index contributed by atoms with van der Waals surface area (Å²) in [6.45, 7) is 0. The molecule has 0 aliphatic rings. The molecule has 0 fully saturated rings. The molecule has 17 heavy (non-hydrogen) atoms. The fraction of sp³-hybridized carbons (Fsp3) is 0.167. The summed E-state index contributed by atoms with van der Waals surface area (Å²) in [6, 6.07) is 5.33. The number of rotatable bonds is 3. The number of aromatic nitrogens is 2. The van der Waals surface area contributed by atoms with E-state index in [0.29, 0.717) is 17.0 Å². The Hall–Kier alpha value is -1.13. The van der Waals surface area contributed by atoms with Crippen LogP contribution in [0.25, 0.3) is 0 Å². The first-order valence-corrected chi connectivity index (χ1v) is 6.20. The van der Waals surface area contributed by atoms with E-state index in [9.17, 15) is 4.79 Å². The minimum Gasteiger partial charge on any atom is -0.294 e. The van der Waals surface area contributed by atoms with Crippen LogP contribution in [0.3, 0.4) is 0 Å². The Kier molecular flexibility index (Phi) is 3.64. The lowest BCUT2D eigenvalue weighted by Crippen LogP contribution is -2.04. The molecular formula is C12H10BrClN2O. The van der Waals surface area contributed by atoms with Gasteiger partial charge in [-0.15, -0.1) is 0 Å². The summed E-state index contributed by atoms with van der Waals surface area (Å²) in [6.07, 6.45) is 3.82. The maximum Gasteiger partial charge on any atom is 0.168 e. The van der Waals surface area contributed by atoms with Crippen molar-refractivity contribution in [2.24, 2.45) is 7.05 Å². The second kappa shape index (κ2) is 5.02. The average Bonchev–Trinajstić information content (AvgIpc) is 2.68. The van der Waals surface area contributed by atoms with Crippen LogP contribution in [0.4, 0.5) is 0 Å². The quantitative estimate of drug-likeness (QED) is 0.815. The van der Waals surface area contributed by atoms with Gasteiger partial charge in [-0.25, -0.2) is 0 Å². The molecule has 0 bridgehead atoms. The van der Waals surface area contributed by atoms with Crippen molar-refractivity contribution < 1.29 is 4.79 Å². The van der Waals surface area contributed by atoms with Gasteiger partial charge in [-0.05, 0) is 33.6 Å². The number of carbonyl (C=O) groups excluding carboxylic acids is 1. The monoisotopic (exact) mass is 312 g/mol. The summed E-state index contributed by atoms with van der Waals surface area (Å²) in [5.41, 5.74) is 1.42. The van der Waals surface area contributed by atoms with Gasteiger partial charge in [0.15, 0.2) is 5.78 Å². The fourth-order valence-electron chi connectivity index (χ4n) is 1.56. The molecule has 0 radical (unpaired) electrons. The molecule has 3 nitrogen and oxygen atoms in total. The van der Waals surface area contributed by atoms with Crippen molar-refractivity contribution in [2.45, 2.75) is 6.42 Å². The lowest BCUT2D eigenvalue weighted by molar-refractivity contribution is 0.0993. The van der Waals surface area contributed by atoms with Crippen LogP contribution in [-0.4, -0.2) is 15.6 Å². The van der Waals surface area contributed by atoms with Gasteiger partial charge in [-0.1, -0.05) is 17.7 Å². The van der Waals surface area contributed by atoms with Crippen LogP contribution >= 0.6 is 27.5 Å². The van der Waals surface area contributed by atoms with E-state index in [4.69, 9.17) is 11.6 Å². The van der Waals surface area contributed by atoms with E-state index in [-0.39, 0.29) is 5.78 Å². The van der Waals surface area contributed by atoms with Crippen LogP contribution < -0.4 is 0 Å². The first-order chi connectivity index (χ1) is 8.08. The van der Waals surface area contributed by atoms with Crippen molar-refractivity contribution in [3.8, 4) is 0 Å². The highest BCUT2D eigenvalue weighted by Crippen LogP contribution is 2.26. The molecule has 0 aliphatic carbocycles. The van der Waals surface area contributed by atoms with Crippen molar-refractivity contribution in [1.29, 1.82) is 0 Å². The number of hydrogen-bond acceptors (Lipinski definition) is 2. The van der Waals surface area contributed by atoms with E-state index in [2.05, 4.69) is 21.0 Å². The van der Waals surface area contributed by atoms with Crippen LogP contribution in [0, 0.1) is 0 Å². The number of nitrogens with zero attached hydrogens (tertiary/aromatic N) is 2. The van der Waals surface area contributed by atoms with Crippen LogP contribution in [0.1, 0.15) is 15.9 Å². The molecule has 2 rings (SSSR count). The second-order valence-corrected chi connectivity index (χ2v) is 4.96. The van der Waals surface area contributed by atoms with Gasteiger partial charge < -0.3 is 0 Å². The van der Waals surface area contributed by atoms with E-state index < -0.39 is 0 Å². The Morgan fingerprint density at radius 2 is 2.29 bits per heavy atom. The van der Waals surface area contributed by atoms with Gasteiger partial charge >= 0.3 is 0 Å². The SMILES string of the molecule is Cn1cc(CC(=O)c2cccc(Br)c2Cl)cn1. The predicted molar refractivity (Wildman–Crippen MR) is 70.4 cm³/mol. The lowest BCUT2D eigenvalue weighted by atomic mass is 10.1. The molecule has 0 saturated carbocycles. The van der Waals surface area contributed by atoms with Crippen molar-refractivity contribution in [3.63, 3.8) is 0 Å². The summed E-state index contributed by atoms with van der Waals surface area (Å²) in [5, 5.41) is 4.49. The highest BCUT2D eigenvalue weighted by molar-refractivity contribution is 9.10. The number of hydrogen-bond donors (Lipinski definition) is 0. The molecule has 0 saturated heterocycles. The Labute approximate surface area is 113 Å². The Balaban J connectivity index is 2.23. The number of carbonyl (C=O) groups is 1. The molecule has 0 unspecified atom stereocenters. The number of Topliss-reactive ketones (excluding diaryl/α,β-unsaturated/α-hetero) is 1. The summed E-state index contributed by atoms with van der Waals surface area (Å²) in [7, 11) is 1.82. The van der Waals surface area contributed by atoms with Crippen molar-refractivity contribution in [3.05, 3.63) is 51.2 Å². The molecule has 1 heterocycles. The number of benzene rings is 1. The van der Waals surface area contributed by atoms with Crippen molar-refractivity contribution >= 4 is 33.3 Å². The molecule has 88 valence electrons. The number of aryl methyl sites for hydroxylation is 1. The number of ketones is 1. The van der Waals surface area contributed by atoms with Gasteiger partial charge in [-0.2, -0.15) is 5.10 Å². The zero-order chi connectivity index (χ0) is 12.4. The van der Waals surface area contributed by atoms with Crippen LogP contribution in [-0.2, 0) is 13.5 Å². The predicted octanol–water partition coefficient (Wildman–Crippen LogP) is 3.26. The Bertz CT molecular complexity index is 565. The van der Waals surface area contributed by atoms with E-state index in [1.807, 2.05) is 19.3 Å². The van der Waals surface area contributed by atoms with Crippen molar-refractivity contribution in [1.82, 2.24) is 9.78 Å². The van der Waals surface area contributed by atoms with E-state index in [1.165, 1.54) is 0 Å². The lowest BCUT2D eigenvalue weighted by Gasteiger charge is -2.03. The summed E-state index contributed by atoms with van der Waals surface area (Å²) in [4.78, 5) is 12.1. The minimum absolute atomic E-state index is 0.00991. The van der Waals surface area contributed by atoms with E-state index >= 15 is 0 Å². The zero-order valence-corrected chi connectivity index (χ0v) is 11.5. The second-order valence-electron chi connectivity index (χ2n) is 3.72. The molecule has 0 spiro atoms. The third-order valence-corrected chi connectivity index (χ3v) is 3.67. The molecule has 0 amide bonds. The van der Waals surface area contributed by atoms with Crippen LogP contribution in [0.5, 0.6) is 0 Å². The summed E-state index contributed by atoms with van der Waals surface area (Å²) in [5.74, 6) is -0.00991. The molecule has 2 aromatic rings. The molecule has 1 aromatic heterocycles. The Morgan fingerprint density at radius 1 is 1.53 bits per heavy atom. The van der Waals surface area contributed by atoms with Gasteiger partial charge in [-0.3, -0.25) is 9.48 Å². The highest BCUT2D eigenvalue weighted by Gasteiger charge is 2.13. The van der Waals surface area contributed by atoms with Gasteiger partial charge in [0.2, 0.25) is 0 Å². The van der Waals surface area contributed by atoms with Crippen LogP contribution in [0.15, 0.2) is 35.1 Å². The van der Waals surface area contributed by atoms with E-state index in [0.717, 1.165) is 10.0 Å². The van der Waals surface area contributed by atoms with Gasteiger partial charge in [0.05, 0.1) is 11.2 Å². The molecule has 5 heteroatoms. The topological polar surface area (TPSA) is 34.9 Å². The largest absolute Gasteiger partial charge is 0.294 e. The minimum atomic E-state index is -0.00991. The van der Waals surface area contributed by atoms with Gasteiger partial charge in [0.25, 0.3) is 0 Å². The first-order valence-electron chi connectivity index (χ1n) is 5.02. The molecule has 0 N–H and O–H groups in total. The molecule has 1 aromatic carbocycles. The maximum absolute atomic E-state index is 12.1. The van der Waals surface area contributed by atoms with Crippen LogP contribution in [0.2, 0.25) is 5.02 Å². The third-order valence-electron chi connectivity index (χ3n) is 2.38.